The summed E-state index contributed by atoms with van der Waals surface area (Å²) in [7, 11) is 1.85. The Morgan fingerprint density at radius 1 is 1.60 bits per heavy atom. The Labute approximate surface area is 32.5 Å². The van der Waals surface area contributed by atoms with Crippen LogP contribution in [0.4, 0.5) is 0 Å². The van der Waals surface area contributed by atoms with Gasteiger partial charge in [0.1, 0.15) is 0 Å². The van der Waals surface area contributed by atoms with E-state index in [0.717, 1.165) is 6.54 Å². The number of rotatable bonds is 2. The molecule has 0 saturated heterocycles. The average molecular weight is 74.1 g/mol. The second-order valence-corrected chi connectivity index (χ2v) is 0.780. The molecule has 2 nitrogen and oxygen atoms in total. The molecule has 0 rings (SSSR count). The molecule has 0 bridgehead atoms. The molecule has 0 aromatic carbocycles. The van der Waals surface area contributed by atoms with Gasteiger partial charge in [-0.1, -0.05) is 6.92 Å². The van der Waals surface area contributed by atoms with E-state index < -0.39 is 0 Å². The Kier molecular flexibility index (Phi) is 3.86. The summed E-state index contributed by atoms with van der Waals surface area (Å²) in [5, 5.41) is 0. The van der Waals surface area contributed by atoms with Crippen molar-refractivity contribution in [1.82, 2.24) is 10.9 Å². The van der Waals surface area contributed by atoms with Crippen LogP contribution in [0.15, 0.2) is 0 Å². The molecule has 32 valence electrons. The summed E-state index contributed by atoms with van der Waals surface area (Å²) in [4.78, 5) is 0. The van der Waals surface area contributed by atoms with Crippen molar-refractivity contribution in [2.75, 3.05) is 13.6 Å². The molecule has 0 aromatic rings. The van der Waals surface area contributed by atoms with Gasteiger partial charge in [0.05, 0.1) is 0 Å². The van der Waals surface area contributed by atoms with E-state index in [4.69, 9.17) is 0 Å². The maximum atomic E-state index is 2.86. The first-order chi connectivity index (χ1) is 2.41. The van der Waals surface area contributed by atoms with Crippen molar-refractivity contribution in [2.45, 2.75) is 6.92 Å². The van der Waals surface area contributed by atoms with Crippen molar-refractivity contribution in [3.05, 3.63) is 0 Å². The molecule has 0 atom stereocenters. The smallest absolute Gasteiger partial charge is 0.00712 e. The maximum Gasteiger partial charge on any atom is 0.00712 e. The number of hydrogen-bond acceptors (Lipinski definition) is 2. The molecule has 0 heterocycles. The van der Waals surface area contributed by atoms with Crippen molar-refractivity contribution in [1.29, 1.82) is 0 Å². The fraction of sp³-hybridized carbons (Fsp3) is 1.00. The molecule has 0 spiro atoms. The van der Waals surface area contributed by atoms with Gasteiger partial charge >= 0.3 is 0 Å². The minimum absolute atomic E-state index is 0.983. The zero-order valence-corrected chi connectivity index (χ0v) is 3.71. The van der Waals surface area contributed by atoms with Gasteiger partial charge in [-0.15, -0.1) is 0 Å². The Balaban J connectivity index is 2.19. The second-order valence-electron chi connectivity index (χ2n) is 0.780. The predicted octanol–water partition coefficient (Wildman–Crippen LogP) is -0.270. The lowest BCUT2D eigenvalue weighted by molar-refractivity contribution is 0.623. The van der Waals surface area contributed by atoms with E-state index >= 15 is 0 Å². The summed E-state index contributed by atoms with van der Waals surface area (Å²) in [6.45, 7) is 3.02. The monoisotopic (exact) mass is 74.1 g/mol. The molecule has 0 aromatic heterocycles. The summed E-state index contributed by atoms with van der Waals surface area (Å²) < 4.78 is 0. The zero-order valence-electron chi connectivity index (χ0n) is 3.71. The van der Waals surface area contributed by atoms with Gasteiger partial charge in [0.2, 0.25) is 0 Å². The molecule has 0 saturated carbocycles. The van der Waals surface area contributed by atoms with E-state index in [1.54, 1.807) is 0 Å². The molecule has 0 unspecified atom stereocenters. The van der Waals surface area contributed by atoms with E-state index in [0.29, 0.717) is 0 Å². The summed E-state index contributed by atoms with van der Waals surface area (Å²) in [5.41, 5.74) is 5.63. The summed E-state index contributed by atoms with van der Waals surface area (Å²) in [6, 6.07) is 0. The van der Waals surface area contributed by atoms with Crippen LogP contribution in [-0.2, 0) is 0 Å². The van der Waals surface area contributed by atoms with E-state index in [1.807, 2.05) is 14.0 Å². The lowest BCUT2D eigenvalue weighted by Gasteiger charge is -1.90. The molecule has 0 aliphatic carbocycles. The highest BCUT2D eigenvalue weighted by atomic mass is 15.3. The fourth-order valence-corrected chi connectivity index (χ4v) is 0.177. The topological polar surface area (TPSA) is 24.1 Å². The van der Waals surface area contributed by atoms with Crippen LogP contribution in [0.1, 0.15) is 6.92 Å². The van der Waals surface area contributed by atoms with Crippen molar-refractivity contribution < 1.29 is 0 Å². The van der Waals surface area contributed by atoms with Crippen molar-refractivity contribution in [2.24, 2.45) is 0 Å². The summed E-state index contributed by atoms with van der Waals surface area (Å²) in [6.07, 6.45) is 0. The third kappa shape index (κ3) is 3.92. The molecule has 2 heteroatoms. The highest BCUT2D eigenvalue weighted by Crippen LogP contribution is 1.36. The zero-order chi connectivity index (χ0) is 4.12. The molecule has 0 aliphatic heterocycles. The molecular weight excluding hydrogens is 64.0 g/mol. The van der Waals surface area contributed by atoms with Gasteiger partial charge < -0.3 is 0 Å². The van der Waals surface area contributed by atoms with Gasteiger partial charge in [0.25, 0.3) is 0 Å². The molecule has 5 heavy (non-hydrogen) atoms. The standard InChI is InChI=1S/C3H10N2/c1-3-5-4-2/h4-5H,3H2,1-2H3. The minimum atomic E-state index is 0.983. The largest absolute Gasteiger partial charge is 0.261 e. The molecule has 0 amide bonds. The van der Waals surface area contributed by atoms with Crippen molar-refractivity contribution in [3.8, 4) is 0 Å². The maximum absolute atomic E-state index is 2.86. The van der Waals surface area contributed by atoms with Crippen LogP contribution in [0.25, 0.3) is 0 Å². The highest BCUT2D eigenvalue weighted by molar-refractivity contribution is 4.17. The van der Waals surface area contributed by atoms with E-state index in [1.165, 1.54) is 0 Å². The first kappa shape index (κ1) is 4.92. The Morgan fingerprint density at radius 3 is 2.20 bits per heavy atom. The lowest BCUT2D eigenvalue weighted by atomic mass is 10.8. The van der Waals surface area contributed by atoms with Crippen molar-refractivity contribution in [3.63, 3.8) is 0 Å². The Hall–Kier alpha value is -0.0800. The summed E-state index contributed by atoms with van der Waals surface area (Å²) >= 11 is 0. The van der Waals surface area contributed by atoms with Crippen molar-refractivity contribution >= 4 is 0 Å². The number of hydrogen-bond donors (Lipinski definition) is 2. The third-order valence-electron chi connectivity index (χ3n) is 0.354. The Morgan fingerprint density at radius 2 is 2.20 bits per heavy atom. The quantitative estimate of drug-likeness (QED) is 0.441. The van der Waals surface area contributed by atoms with Gasteiger partial charge in [-0.25, -0.2) is 0 Å². The predicted molar refractivity (Wildman–Crippen MR) is 22.7 cm³/mol. The third-order valence-corrected chi connectivity index (χ3v) is 0.354. The van der Waals surface area contributed by atoms with Gasteiger partial charge in [-0.3, -0.25) is 10.9 Å². The molecule has 2 N–H and O–H groups in total. The normalized spacial score (nSPS) is 8.40. The van der Waals surface area contributed by atoms with Crippen LogP contribution < -0.4 is 10.9 Å². The number of hydrazine groups is 1. The highest BCUT2D eigenvalue weighted by Gasteiger charge is 1.59. The van der Waals surface area contributed by atoms with E-state index in [2.05, 4.69) is 10.9 Å². The lowest BCUT2D eigenvalue weighted by Crippen LogP contribution is -2.26. The second kappa shape index (κ2) is 3.92. The SMILES string of the molecule is CCNNC. The minimum Gasteiger partial charge on any atom is -0.261 e. The van der Waals surface area contributed by atoms with Crippen LogP contribution in [0.2, 0.25) is 0 Å². The van der Waals surface area contributed by atoms with Gasteiger partial charge in [-0.05, 0) is 7.05 Å². The Bertz CT molecular complexity index is 12.4. The van der Waals surface area contributed by atoms with E-state index in [-0.39, 0.29) is 0 Å². The molecule has 0 radical (unpaired) electrons. The van der Waals surface area contributed by atoms with Gasteiger partial charge in [-0.2, -0.15) is 0 Å². The van der Waals surface area contributed by atoms with Crippen LogP contribution >= 0.6 is 0 Å². The van der Waals surface area contributed by atoms with Crippen LogP contribution in [-0.4, -0.2) is 13.6 Å². The fourth-order valence-electron chi connectivity index (χ4n) is 0.177. The average Bonchev–Trinajstić information content (AvgIpc) is 1.41. The van der Waals surface area contributed by atoms with Gasteiger partial charge in [0.15, 0.2) is 0 Å². The molecule has 0 aliphatic rings. The first-order valence-electron chi connectivity index (χ1n) is 1.81. The summed E-state index contributed by atoms with van der Waals surface area (Å²) in [5.74, 6) is 0. The van der Waals surface area contributed by atoms with Crippen LogP contribution in [0.5, 0.6) is 0 Å². The molecular formula is C3H10N2. The van der Waals surface area contributed by atoms with Gasteiger partial charge in [0, 0.05) is 6.54 Å². The van der Waals surface area contributed by atoms with Crippen LogP contribution in [0.3, 0.4) is 0 Å². The van der Waals surface area contributed by atoms with E-state index in [9.17, 15) is 0 Å². The number of nitrogens with one attached hydrogen (secondary N) is 2. The first-order valence-corrected chi connectivity index (χ1v) is 1.81. The molecule has 0 fully saturated rings. The van der Waals surface area contributed by atoms with Crippen LogP contribution in [0, 0.1) is 0 Å².